The second-order valence-corrected chi connectivity index (χ2v) is 6.43. The van der Waals surface area contributed by atoms with Crippen LogP contribution in [0.15, 0.2) is 12.1 Å². The molecule has 0 fully saturated rings. The van der Waals surface area contributed by atoms with E-state index in [0.29, 0.717) is 0 Å². The maximum absolute atomic E-state index is 5.99. The highest BCUT2D eigenvalue weighted by molar-refractivity contribution is 7.16. The third-order valence-corrected chi connectivity index (χ3v) is 3.78. The molecule has 1 unspecified atom stereocenters. The molecule has 74 valence electrons. The Kier molecular flexibility index (Phi) is 3.67. The Morgan fingerprint density at radius 2 is 2.08 bits per heavy atom. The topological polar surface area (TPSA) is 0 Å². The first-order chi connectivity index (χ1) is 5.92. The molecule has 1 rings (SSSR count). The highest BCUT2D eigenvalue weighted by Gasteiger charge is 2.24. The summed E-state index contributed by atoms with van der Waals surface area (Å²) in [7, 11) is 0. The van der Waals surface area contributed by atoms with E-state index >= 15 is 0 Å². The molecule has 1 aromatic heterocycles. The zero-order valence-corrected chi connectivity index (χ0v) is 10.4. The van der Waals surface area contributed by atoms with Gasteiger partial charge in [-0.25, -0.2) is 0 Å². The van der Waals surface area contributed by atoms with Crippen LogP contribution in [0.5, 0.6) is 0 Å². The lowest BCUT2D eigenvalue weighted by Gasteiger charge is -2.24. The fraction of sp³-hybridized carbons (Fsp3) is 0.600. The molecule has 0 amide bonds. The predicted octanol–water partition coefficient (Wildman–Crippen LogP) is 4.70. The summed E-state index contributed by atoms with van der Waals surface area (Å²) >= 11 is 13.5. The van der Waals surface area contributed by atoms with Crippen molar-refractivity contribution >= 4 is 34.5 Å². The van der Waals surface area contributed by atoms with Gasteiger partial charge in [0.1, 0.15) is 0 Å². The first kappa shape index (κ1) is 11.4. The monoisotopic (exact) mass is 236 g/mol. The predicted molar refractivity (Wildman–Crippen MR) is 62.3 cm³/mol. The molecule has 0 N–H and O–H groups in total. The Morgan fingerprint density at radius 1 is 1.46 bits per heavy atom. The fourth-order valence-corrected chi connectivity index (χ4v) is 3.02. The van der Waals surface area contributed by atoms with Gasteiger partial charge in [-0.15, -0.1) is 22.9 Å². The lowest BCUT2D eigenvalue weighted by molar-refractivity contribution is 0.486. The summed E-state index contributed by atoms with van der Waals surface area (Å²) in [4.78, 5) is 1.31. The SMILES string of the molecule is CC(Cl)CC(C)(C)c1ccc(Cl)s1. The van der Waals surface area contributed by atoms with Crippen molar-refractivity contribution in [3.63, 3.8) is 0 Å². The molecule has 13 heavy (non-hydrogen) atoms. The highest BCUT2D eigenvalue weighted by atomic mass is 35.5. The van der Waals surface area contributed by atoms with E-state index in [1.165, 1.54) is 4.88 Å². The summed E-state index contributed by atoms with van der Waals surface area (Å²) in [6.07, 6.45) is 0.978. The quantitative estimate of drug-likeness (QED) is 0.668. The molecule has 1 aromatic rings. The fourth-order valence-electron chi connectivity index (χ4n) is 1.48. The first-order valence-electron chi connectivity index (χ1n) is 4.32. The molecule has 0 nitrogen and oxygen atoms in total. The van der Waals surface area contributed by atoms with E-state index in [-0.39, 0.29) is 10.8 Å². The zero-order valence-electron chi connectivity index (χ0n) is 8.10. The maximum Gasteiger partial charge on any atom is 0.0931 e. The van der Waals surface area contributed by atoms with Gasteiger partial charge in [-0.2, -0.15) is 0 Å². The van der Waals surface area contributed by atoms with Crippen LogP contribution in [0.4, 0.5) is 0 Å². The van der Waals surface area contributed by atoms with Crippen molar-refractivity contribution in [2.24, 2.45) is 0 Å². The number of hydrogen-bond acceptors (Lipinski definition) is 1. The van der Waals surface area contributed by atoms with E-state index in [0.717, 1.165) is 10.8 Å². The number of halogens is 2. The number of hydrogen-bond donors (Lipinski definition) is 0. The van der Waals surface area contributed by atoms with Crippen LogP contribution in [0.2, 0.25) is 4.34 Å². The largest absolute Gasteiger partial charge is 0.128 e. The van der Waals surface area contributed by atoms with E-state index in [4.69, 9.17) is 23.2 Å². The second-order valence-electron chi connectivity index (χ2n) is 3.97. The van der Waals surface area contributed by atoms with Crippen molar-refractivity contribution in [2.75, 3.05) is 0 Å². The van der Waals surface area contributed by atoms with Crippen molar-refractivity contribution in [1.82, 2.24) is 0 Å². The molecule has 0 spiro atoms. The molecular weight excluding hydrogens is 223 g/mol. The number of rotatable bonds is 3. The van der Waals surface area contributed by atoms with Crippen molar-refractivity contribution in [3.8, 4) is 0 Å². The summed E-state index contributed by atoms with van der Waals surface area (Å²) in [6, 6.07) is 4.04. The molecule has 0 bridgehead atoms. The van der Waals surface area contributed by atoms with Gasteiger partial charge in [0.15, 0.2) is 0 Å². The van der Waals surface area contributed by atoms with Gasteiger partial charge in [0.25, 0.3) is 0 Å². The number of thiophene rings is 1. The Labute approximate surface area is 93.9 Å². The molecule has 0 radical (unpaired) electrons. The Morgan fingerprint density at radius 3 is 2.46 bits per heavy atom. The van der Waals surface area contributed by atoms with E-state index in [2.05, 4.69) is 19.9 Å². The van der Waals surface area contributed by atoms with Crippen LogP contribution >= 0.6 is 34.5 Å². The van der Waals surface area contributed by atoms with Gasteiger partial charge in [0, 0.05) is 15.7 Å². The normalized spacial score (nSPS) is 14.5. The minimum atomic E-state index is 0.138. The van der Waals surface area contributed by atoms with Crippen molar-refractivity contribution in [3.05, 3.63) is 21.3 Å². The summed E-state index contributed by atoms with van der Waals surface area (Å²) in [5.41, 5.74) is 0.138. The van der Waals surface area contributed by atoms with E-state index in [9.17, 15) is 0 Å². The van der Waals surface area contributed by atoms with Gasteiger partial charge in [0.2, 0.25) is 0 Å². The van der Waals surface area contributed by atoms with E-state index < -0.39 is 0 Å². The highest BCUT2D eigenvalue weighted by Crippen LogP contribution is 2.36. The molecule has 0 aromatic carbocycles. The zero-order chi connectivity index (χ0) is 10.1. The second kappa shape index (κ2) is 4.20. The van der Waals surface area contributed by atoms with Crippen LogP contribution in [0, 0.1) is 0 Å². The van der Waals surface area contributed by atoms with Crippen LogP contribution in [0.25, 0.3) is 0 Å². The molecule has 1 heterocycles. The maximum atomic E-state index is 5.99. The lowest BCUT2D eigenvalue weighted by Crippen LogP contribution is -2.19. The van der Waals surface area contributed by atoms with E-state index in [1.54, 1.807) is 11.3 Å². The van der Waals surface area contributed by atoms with Crippen LogP contribution in [-0.4, -0.2) is 5.38 Å². The summed E-state index contributed by atoms with van der Waals surface area (Å²) in [5.74, 6) is 0. The Bertz CT molecular complexity index is 276. The van der Waals surface area contributed by atoms with Crippen molar-refractivity contribution < 1.29 is 0 Å². The number of alkyl halides is 1. The third kappa shape index (κ3) is 3.16. The van der Waals surface area contributed by atoms with Gasteiger partial charge >= 0.3 is 0 Å². The minimum Gasteiger partial charge on any atom is -0.128 e. The van der Waals surface area contributed by atoms with Crippen LogP contribution in [0.1, 0.15) is 32.1 Å². The van der Waals surface area contributed by atoms with Crippen LogP contribution in [-0.2, 0) is 5.41 Å². The molecule has 0 saturated heterocycles. The molecule has 1 atom stereocenters. The Balaban J connectivity index is 2.80. The van der Waals surface area contributed by atoms with Gasteiger partial charge < -0.3 is 0 Å². The lowest BCUT2D eigenvalue weighted by atomic mass is 9.86. The molecule has 0 saturated carbocycles. The van der Waals surface area contributed by atoms with Crippen molar-refractivity contribution in [1.29, 1.82) is 0 Å². The molecule has 3 heteroatoms. The summed E-state index contributed by atoms with van der Waals surface area (Å²) in [6.45, 7) is 6.43. The van der Waals surface area contributed by atoms with Crippen molar-refractivity contribution in [2.45, 2.75) is 38.0 Å². The molecule has 0 aliphatic carbocycles. The standard InChI is InChI=1S/C10H14Cl2S/c1-7(11)6-10(2,3)8-4-5-9(12)13-8/h4-5,7H,6H2,1-3H3. The molecular formula is C10H14Cl2S. The smallest absolute Gasteiger partial charge is 0.0931 e. The Hall–Kier alpha value is 0.280. The van der Waals surface area contributed by atoms with Gasteiger partial charge in [-0.1, -0.05) is 25.4 Å². The van der Waals surface area contributed by atoms with Gasteiger partial charge in [-0.3, -0.25) is 0 Å². The van der Waals surface area contributed by atoms with Crippen LogP contribution in [0.3, 0.4) is 0 Å². The summed E-state index contributed by atoms with van der Waals surface area (Å²) < 4.78 is 0.852. The average Bonchev–Trinajstić information content (AvgIpc) is 2.32. The van der Waals surface area contributed by atoms with Gasteiger partial charge in [-0.05, 0) is 25.5 Å². The van der Waals surface area contributed by atoms with E-state index in [1.807, 2.05) is 13.0 Å². The average molecular weight is 237 g/mol. The van der Waals surface area contributed by atoms with Gasteiger partial charge in [0.05, 0.1) is 4.34 Å². The first-order valence-corrected chi connectivity index (χ1v) is 5.95. The molecule has 0 aliphatic heterocycles. The summed E-state index contributed by atoms with van der Waals surface area (Å²) in [5, 5.41) is 0.205. The third-order valence-electron chi connectivity index (χ3n) is 2.03. The minimum absolute atomic E-state index is 0.138. The molecule has 0 aliphatic rings. The van der Waals surface area contributed by atoms with Crippen LogP contribution < -0.4 is 0 Å².